The van der Waals surface area contributed by atoms with E-state index in [2.05, 4.69) is 34.5 Å². The fourth-order valence-corrected chi connectivity index (χ4v) is 4.92. The predicted octanol–water partition coefficient (Wildman–Crippen LogP) is 4.79. The minimum atomic E-state index is -0.295. The summed E-state index contributed by atoms with van der Waals surface area (Å²) in [6.45, 7) is 2.95. The molecular formula is C26H33FN2O2. The Labute approximate surface area is 184 Å². The molecule has 2 aromatic carbocycles. The van der Waals surface area contributed by atoms with Gasteiger partial charge in [0.2, 0.25) is 5.91 Å². The van der Waals surface area contributed by atoms with Gasteiger partial charge in [-0.15, -0.1) is 0 Å². The van der Waals surface area contributed by atoms with Gasteiger partial charge in [0.25, 0.3) is 0 Å². The van der Waals surface area contributed by atoms with Crippen molar-refractivity contribution in [2.45, 2.75) is 51.1 Å². The number of carbonyl (C=O) groups is 1. The van der Waals surface area contributed by atoms with Crippen LogP contribution in [0.3, 0.4) is 0 Å². The van der Waals surface area contributed by atoms with Gasteiger partial charge in [-0.25, -0.2) is 4.39 Å². The number of nitrogens with zero attached hydrogens (tertiary/aromatic N) is 1. The summed E-state index contributed by atoms with van der Waals surface area (Å²) in [5, 5.41) is 3.32. The van der Waals surface area contributed by atoms with E-state index in [1.807, 2.05) is 6.07 Å². The lowest BCUT2D eigenvalue weighted by Crippen LogP contribution is -2.49. The highest BCUT2D eigenvalue weighted by Gasteiger charge is 2.33. The lowest BCUT2D eigenvalue weighted by atomic mass is 9.87. The number of amides is 1. The minimum absolute atomic E-state index is 0.0412. The van der Waals surface area contributed by atoms with Crippen LogP contribution in [-0.2, 0) is 11.3 Å². The van der Waals surface area contributed by atoms with Crippen LogP contribution in [0.25, 0.3) is 0 Å². The SMILES string of the molecule is O=C(NC1CCCCC1)[C@@H]1C[C@H](COc2cccc(F)c2)CN(Cc2ccccc2)C1. The highest BCUT2D eigenvalue weighted by atomic mass is 19.1. The Morgan fingerprint density at radius 1 is 1.03 bits per heavy atom. The number of ether oxygens (including phenoxy) is 1. The first-order valence-electron chi connectivity index (χ1n) is 11.6. The standard InChI is InChI=1S/C26H33FN2O2/c27-23-10-7-13-25(15-23)31-19-21-14-22(26(30)28-24-11-5-2-6-12-24)18-29(17-21)16-20-8-3-1-4-9-20/h1,3-4,7-10,13,15,21-22,24H,2,5-6,11-12,14,16-19H2,(H,28,30)/t21-,22+/m0/s1. The Bertz CT molecular complexity index is 838. The lowest BCUT2D eigenvalue weighted by molar-refractivity contribution is -0.128. The number of halogens is 1. The van der Waals surface area contributed by atoms with E-state index in [-0.39, 0.29) is 23.6 Å². The summed E-state index contributed by atoms with van der Waals surface area (Å²) in [4.78, 5) is 15.5. The van der Waals surface area contributed by atoms with Crippen LogP contribution in [0, 0.1) is 17.7 Å². The zero-order chi connectivity index (χ0) is 21.5. The van der Waals surface area contributed by atoms with Gasteiger partial charge >= 0.3 is 0 Å². The van der Waals surface area contributed by atoms with Crippen molar-refractivity contribution in [2.75, 3.05) is 19.7 Å². The fourth-order valence-electron chi connectivity index (χ4n) is 4.92. The van der Waals surface area contributed by atoms with Crippen LogP contribution >= 0.6 is 0 Å². The first-order valence-corrected chi connectivity index (χ1v) is 11.6. The molecule has 2 aliphatic rings. The summed E-state index contributed by atoms with van der Waals surface area (Å²) < 4.78 is 19.4. The van der Waals surface area contributed by atoms with E-state index in [4.69, 9.17) is 4.74 Å². The Kier molecular flexibility index (Phi) is 7.57. The fraction of sp³-hybridized carbons (Fsp3) is 0.500. The van der Waals surface area contributed by atoms with Gasteiger partial charge in [-0.05, 0) is 37.0 Å². The molecule has 1 amide bonds. The maximum absolute atomic E-state index is 13.5. The number of rotatable bonds is 7. The molecule has 4 nitrogen and oxygen atoms in total. The van der Waals surface area contributed by atoms with Crippen molar-refractivity contribution >= 4 is 5.91 Å². The average molecular weight is 425 g/mol. The second kappa shape index (κ2) is 10.8. The molecule has 0 bridgehead atoms. The Hall–Kier alpha value is -2.40. The smallest absolute Gasteiger partial charge is 0.224 e. The second-order valence-corrected chi connectivity index (χ2v) is 9.09. The maximum Gasteiger partial charge on any atom is 0.224 e. The topological polar surface area (TPSA) is 41.6 Å². The van der Waals surface area contributed by atoms with Crippen LogP contribution in [0.5, 0.6) is 5.75 Å². The van der Waals surface area contributed by atoms with Crippen molar-refractivity contribution < 1.29 is 13.9 Å². The van der Waals surface area contributed by atoms with Gasteiger partial charge < -0.3 is 10.1 Å². The van der Waals surface area contributed by atoms with Gasteiger partial charge in [-0.3, -0.25) is 9.69 Å². The summed E-state index contributed by atoms with van der Waals surface area (Å²) in [6, 6.07) is 17.0. The Morgan fingerprint density at radius 3 is 2.61 bits per heavy atom. The third-order valence-electron chi connectivity index (χ3n) is 6.47. The van der Waals surface area contributed by atoms with Crippen molar-refractivity contribution in [2.24, 2.45) is 11.8 Å². The molecule has 1 aliphatic heterocycles. The molecule has 1 saturated carbocycles. The van der Waals surface area contributed by atoms with Gasteiger partial charge in [0, 0.05) is 37.7 Å². The first-order chi connectivity index (χ1) is 15.2. The second-order valence-electron chi connectivity index (χ2n) is 9.09. The van der Waals surface area contributed by atoms with Crippen LogP contribution in [0.2, 0.25) is 0 Å². The van der Waals surface area contributed by atoms with Crippen molar-refractivity contribution in [1.82, 2.24) is 10.2 Å². The number of hydrogen-bond donors (Lipinski definition) is 1. The zero-order valence-electron chi connectivity index (χ0n) is 18.1. The summed E-state index contributed by atoms with van der Waals surface area (Å²) in [5.74, 6) is 0.615. The van der Waals surface area contributed by atoms with Crippen LogP contribution in [0.1, 0.15) is 44.1 Å². The van der Waals surface area contributed by atoms with Gasteiger partial charge in [0.1, 0.15) is 11.6 Å². The first kappa shape index (κ1) is 21.8. The molecule has 2 fully saturated rings. The maximum atomic E-state index is 13.5. The van der Waals surface area contributed by atoms with Crippen LogP contribution < -0.4 is 10.1 Å². The zero-order valence-corrected chi connectivity index (χ0v) is 18.1. The number of hydrogen-bond acceptors (Lipinski definition) is 3. The van der Waals surface area contributed by atoms with Crippen LogP contribution in [0.15, 0.2) is 54.6 Å². The molecule has 0 unspecified atom stereocenters. The molecule has 0 spiro atoms. The molecular weight excluding hydrogens is 391 g/mol. The van der Waals surface area contributed by atoms with Gasteiger partial charge in [-0.2, -0.15) is 0 Å². The largest absolute Gasteiger partial charge is 0.493 e. The number of benzene rings is 2. The third kappa shape index (κ3) is 6.54. The van der Waals surface area contributed by atoms with E-state index < -0.39 is 0 Å². The summed E-state index contributed by atoms with van der Waals surface area (Å²) in [7, 11) is 0. The Balaban J connectivity index is 1.40. The molecule has 4 rings (SSSR count). The molecule has 1 saturated heterocycles. The number of nitrogens with one attached hydrogen (secondary N) is 1. The number of likely N-dealkylation sites (tertiary alicyclic amines) is 1. The quantitative estimate of drug-likeness (QED) is 0.695. The number of carbonyl (C=O) groups excluding carboxylic acids is 1. The monoisotopic (exact) mass is 424 g/mol. The molecule has 166 valence electrons. The summed E-state index contributed by atoms with van der Waals surface area (Å²) >= 11 is 0. The van der Waals surface area contributed by atoms with Crippen LogP contribution in [-0.4, -0.2) is 36.5 Å². The predicted molar refractivity (Wildman–Crippen MR) is 120 cm³/mol. The highest BCUT2D eigenvalue weighted by molar-refractivity contribution is 5.79. The summed E-state index contributed by atoms with van der Waals surface area (Å²) in [6.07, 6.45) is 6.69. The molecule has 5 heteroatoms. The Morgan fingerprint density at radius 2 is 1.84 bits per heavy atom. The van der Waals surface area contributed by atoms with Crippen molar-refractivity contribution in [3.05, 3.63) is 66.0 Å². The minimum Gasteiger partial charge on any atom is -0.493 e. The van der Waals surface area contributed by atoms with E-state index >= 15 is 0 Å². The van der Waals surface area contributed by atoms with Crippen molar-refractivity contribution in [3.8, 4) is 5.75 Å². The van der Waals surface area contributed by atoms with E-state index in [0.29, 0.717) is 18.4 Å². The van der Waals surface area contributed by atoms with Crippen LogP contribution in [0.4, 0.5) is 4.39 Å². The third-order valence-corrected chi connectivity index (χ3v) is 6.47. The van der Waals surface area contributed by atoms with Gasteiger partial charge in [-0.1, -0.05) is 55.7 Å². The average Bonchev–Trinajstić information content (AvgIpc) is 2.79. The molecule has 0 aromatic heterocycles. The molecule has 1 heterocycles. The molecule has 1 N–H and O–H groups in total. The summed E-state index contributed by atoms with van der Waals surface area (Å²) in [5.41, 5.74) is 1.25. The van der Waals surface area contributed by atoms with Gasteiger partial charge in [0.15, 0.2) is 0 Å². The molecule has 0 radical (unpaired) electrons. The molecule has 2 atom stereocenters. The molecule has 31 heavy (non-hydrogen) atoms. The van der Waals surface area contributed by atoms with E-state index in [1.54, 1.807) is 12.1 Å². The van der Waals surface area contributed by atoms with E-state index in [1.165, 1.54) is 37.0 Å². The number of piperidine rings is 1. The highest BCUT2D eigenvalue weighted by Crippen LogP contribution is 2.26. The lowest BCUT2D eigenvalue weighted by Gasteiger charge is -2.38. The normalized spacial score (nSPS) is 22.7. The van der Waals surface area contributed by atoms with Crippen molar-refractivity contribution in [3.63, 3.8) is 0 Å². The van der Waals surface area contributed by atoms with Crippen molar-refractivity contribution in [1.29, 1.82) is 0 Å². The van der Waals surface area contributed by atoms with E-state index in [0.717, 1.165) is 38.9 Å². The van der Waals surface area contributed by atoms with Gasteiger partial charge in [0.05, 0.1) is 12.5 Å². The molecule has 2 aromatic rings. The molecule has 1 aliphatic carbocycles. The van der Waals surface area contributed by atoms with E-state index in [9.17, 15) is 9.18 Å².